The van der Waals surface area contributed by atoms with Gasteiger partial charge in [-0.25, -0.2) is 4.98 Å². The maximum atomic E-state index is 6.21. The third-order valence-corrected chi connectivity index (χ3v) is 5.13. The van der Waals surface area contributed by atoms with Crippen LogP contribution in [0.5, 0.6) is 11.6 Å². The Hall–Kier alpha value is -2.92. The van der Waals surface area contributed by atoms with Crippen LogP contribution in [0.15, 0.2) is 66.9 Å². The quantitative estimate of drug-likeness (QED) is 0.423. The molecule has 1 heterocycles. The van der Waals surface area contributed by atoms with Gasteiger partial charge in [0.1, 0.15) is 11.4 Å². The lowest BCUT2D eigenvalue weighted by molar-refractivity contribution is 0.442. The van der Waals surface area contributed by atoms with E-state index in [0.717, 1.165) is 17.0 Å². The summed E-state index contributed by atoms with van der Waals surface area (Å²) >= 11 is 5.53. The van der Waals surface area contributed by atoms with Gasteiger partial charge in [0.2, 0.25) is 5.88 Å². The van der Waals surface area contributed by atoms with Gasteiger partial charge in [0, 0.05) is 17.4 Å². The first-order valence-corrected chi connectivity index (χ1v) is 10.9. The number of thiocarbonyl (C=S) groups is 1. The van der Waals surface area contributed by atoms with E-state index >= 15 is 0 Å². The second-order valence-corrected chi connectivity index (χ2v) is 10.0. The van der Waals surface area contributed by atoms with Crippen molar-refractivity contribution in [1.82, 2.24) is 4.98 Å². The van der Waals surface area contributed by atoms with Crippen LogP contribution in [0, 0.1) is 0 Å². The second kappa shape index (κ2) is 9.06. The first-order valence-electron chi connectivity index (χ1n) is 10.4. The molecule has 0 saturated carbocycles. The number of aromatic nitrogens is 1. The summed E-state index contributed by atoms with van der Waals surface area (Å²) in [6, 6.07) is 20.1. The van der Waals surface area contributed by atoms with Gasteiger partial charge in [-0.2, -0.15) is 0 Å². The molecule has 0 aliphatic carbocycles. The third-order valence-electron chi connectivity index (χ3n) is 4.93. The van der Waals surface area contributed by atoms with E-state index in [9.17, 15) is 0 Å². The number of nitrogens with one attached hydrogen (secondary N) is 2. The summed E-state index contributed by atoms with van der Waals surface area (Å²) in [4.78, 5) is 4.42. The molecule has 0 aliphatic rings. The molecule has 3 aromatic rings. The molecule has 0 radical (unpaired) electrons. The van der Waals surface area contributed by atoms with E-state index < -0.39 is 0 Å². The molecule has 5 heteroatoms. The highest BCUT2D eigenvalue weighted by Crippen LogP contribution is 2.35. The Balaban J connectivity index is 1.75. The molecule has 0 amide bonds. The largest absolute Gasteiger partial charge is 0.437 e. The highest BCUT2D eigenvalue weighted by atomic mass is 32.1. The van der Waals surface area contributed by atoms with Crippen molar-refractivity contribution in [2.24, 2.45) is 0 Å². The molecule has 0 atom stereocenters. The zero-order chi connectivity index (χ0) is 22.6. The van der Waals surface area contributed by atoms with Gasteiger partial charge < -0.3 is 15.4 Å². The Kier molecular flexibility index (Phi) is 6.65. The van der Waals surface area contributed by atoms with Crippen LogP contribution in [0.3, 0.4) is 0 Å². The van der Waals surface area contributed by atoms with E-state index in [1.54, 1.807) is 6.20 Å². The molecule has 4 nitrogen and oxygen atoms in total. The number of anilines is 2. The Bertz CT molecular complexity index is 1050. The van der Waals surface area contributed by atoms with Gasteiger partial charge in [0.15, 0.2) is 5.11 Å². The maximum absolute atomic E-state index is 6.21. The Morgan fingerprint density at radius 1 is 0.806 bits per heavy atom. The van der Waals surface area contributed by atoms with E-state index in [2.05, 4.69) is 75.4 Å². The van der Waals surface area contributed by atoms with Gasteiger partial charge in [-0.1, -0.05) is 71.9 Å². The Labute approximate surface area is 191 Å². The predicted molar refractivity (Wildman–Crippen MR) is 134 cm³/mol. The molecule has 0 aliphatic heterocycles. The van der Waals surface area contributed by atoms with Crippen molar-refractivity contribution in [1.29, 1.82) is 0 Å². The zero-order valence-corrected chi connectivity index (χ0v) is 19.9. The minimum Gasteiger partial charge on any atom is -0.437 e. The lowest BCUT2D eigenvalue weighted by Gasteiger charge is -2.23. The van der Waals surface area contributed by atoms with Crippen LogP contribution in [-0.2, 0) is 10.8 Å². The van der Waals surface area contributed by atoms with E-state index in [0.29, 0.717) is 16.7 Å². The summed E-state index contributed by atoms with van der Waals surface area (Å²) in [7, 11) is 0. The monoisotopic (exact) mass is 433 g/mol. The third kappa shape index (κ3) is 6.05. The fraction of sp³-hybridized carbons (Fsp3) is 0.308. The van der Waals surface area contributed by atoms with Crippen molar-refractivity contribution in [2.45, 2.75) is 52.4 Å². The van der Waals surface area contributed by atoms with Gasteiger partial charge in [0.05, 0.1) is 0 Å². The van der Waals surface area contributed by atoms with Gasteiger partial charge in [-0.3, -0.25) is 0 Å². The summed E-state index contributed by atoms with van der Waals surface area (Å²) in [5.41, 5.74) is 4.09. The molecular weight excluding hydrogens is 402 g/mol. The van der Waals surface area contributed by atoms with Crippen LogP contribution in [-0.4, -0.2) is 10.1 Å². The maximum Gasteiger partial charge on any atom is 0.243 e. The molecule has 0 fully saturated rings. The lowest BCUT2D eigenvalue weighted by Crippen LogP contribution is -2.20. The zero-order valence-electron chi connectivity index (χ0n) is 19.1. The molecule has 0 saturated heterocycles. The van der Waals surface area contributed by atoms with Crippen molar-refractivity contribution in [3.8, 4) is 11.6 Å². The van der Waals surface area contributed by atoms with Gasteiger partial charge >= 0.3 is 0 Å². The number of ether oxygens (including phenoxy) is 1. The number of rotatable bonds is 4. The summed E-state index contributed by atoms with van der Waals surface area (Å²) < 4.78 is 6.21. The fourth-order valence-corrected chi connectivity index (χ4v) is 3.41. The normalized spacial score (nSPS) is 11.7. The van der Waals surface area contributed by atoms with Crippen LogP contribution >= 0.6 is 12.2 Å². The lowest BCUT2D eigenvalue weighted by atomic mass is 9.86. The molecule has 162 valence electrons. The van der Waals surface area contributed by atoms with Gasteiger partial charge in [-0.05, 0) is 58.9 Å². The number of pyridine rings is 1. The van der Waals surface area contributed by atoms with Gasteiger partial charge in [0.25, 0.3) is 0 Å². The van der Waals surface area contributed by atoms with Gasteiger partial charge in [-0.15, -0.1) is 0 Å². The molecule has 1 aromatic heterocycles. The standard InChI is InChI=1S/C26H31N3OS/c1-25(2,3)18-13-15-19(16-14-18)28-24(31)29-21-11-9-17-27-23(21)30-22-12-8-7-10-20(22)26(4,5)6/h7-17H,1-6H3,(H2,28,29,31). The van der Waals surface area contributed by atoms with Crippen LogP contribution < -0.4 is 15.4 Å². The van der Waals surface area contributed by atoms with Crippen LogP contribution in [0.1, 0.15) is 52.7 Å². The minimum absolute atomic E-state index is 0.0466. The number of hydrogen-bond donors (Lipinski definition) is 2. The Morgan fingerprint density at radius 2 is 1.48 bits per heavy atom. The van der Waals surface area contributed by atoms with Crippen LogP contribution in [0.25, 0.3) is 0 Å². The van der Waals surface area contributed by atoms with Crippen LogP contribution in [0.4, 0.5) is 11.4 Å². The molecule has 2 N–H and O–H groups in total. The number of nitrogens with zero attached hydrogens (tertiary/aromatic N) is 1. The van der Waals surface area contributed by atoms with E-state index in [-0.39, 0.29) is 10.8 Å². The highest BCUT2D eigenvalue weighted by Gasteiger charge is 2.20. The van der Waals surface area contributed by atoms with Crippen molar-refractivity contribution < 1.29 is 4.74 Å². The predicted octanol–water partition coefficient (Wildman–Crippen LogP) is 7.28. The van der Waals surface area contributed by atoms with Crippen molar-refractivity contribution in [3.05, 3.63) is 78.0 Å². The Morgan fingerprint density at radius 3 is 2.13 bits per heavy atom. The summed E-state index contributed by atoms with van der Waals surface area (Å²) in [5, 5.41) is 6.93. The topological polar surface area (TPSA) is 46.2 Å². The molecule has 0 bridgehead atoms. The van der Waals surface area contributed by atoms with E-state index in [1.165, 1.54) is 5.56 Å². The number of benzene rings is 2. The average molecular weight is 434 g/mol. The number of para-hydroxylation sites is 1. The average Bonchev–Trinajstić information content (AvgIpc) is 2.69. The second-order valence-electron chi connectivity index (χ2n) is 9.61. The molecule has 2 aromatic carbocycles. The summed E-state index contributed by atoms with van der Waals surface area (Å²) in [6.07, 6.45) is 1.71. The minimum atomic E-state index is -0.0466. The molecule has 0 unspecified atom stereocenters. The fourth-order valence-electron chi connectivity index (χ4n) is 3.18. The molecule has 3 rings (SSSR count). The SMILES string of the molecule is CC(C)(C)c1ccc(NC(=S)Nc2cccnc2Oc2ccccc2C(C)(C)C)cc1. The number of hydrogen-bond acceptors (Lipinski definition) is 3. The molecule has 0 spiro atoms. The molecular formula is C26H31N3OS. The first kappa shape index (κ1) is 22.8. The summed E-state index contributed by atoms with van der Waals surface area (Å²) in [6.45, 7) is 13.1. The van der Waals surface area contributed by atoms with Crippen molar-refractivity contribution in [3.63, 3.8) is 0 Å². The smallest absolute Gasteiger partial charge is 0.243 e. The highest BCUT2D eigenvalue weighted by molar-refractivity contribution is 7.80. The van der Waals surface area contributed by atoms with Crippen LogP contribution in [0.2, 0.25) is 0 Å². The van der Waals surface area contributed by atoms with E-state index in [4.69, 9.17) is 17.0 Å². The van der Waals surface area contributed by atoms with E-state index in [1.807, 2.05) is 42.5 Å². The van der Waals surface area contributed by atoms with Crippen molar-refractivity contribution in [2.75, 3.05) is 10.6 Å². The summed E-state index contributed by atoms with van der Waals surface area (Å²) in [5.74, 6) is 1.26. The van der Waals surface area contributed by atoms with Crippen molar-refractivity contribution >= 4 is 28.7 Å². The molecule has 31 heavy (non-hydrogen) atoms. The first-order chi connectivity index (χ1) is 14.5.